The molecule has 23 heavy (non-hydrogen) atoms. The Bertz CT molecular complexity index is 636. The second-order valence-electron chi connectivity index (χ2n) is 5.82. The van der Waals surface area contributed by atoms with Crippen molar-refractivity contribution in [1.29, 1.82) is 0 Å². The van der Waals surface area contributed by atoms with Gasteiger partial charge < -0.3 is 15.7 Å². The maximum absolute atomic E-state index is 11.9. The average molecular weight is 331 g/mol. The van der Waals surface area contributed by atoms with E-state index in [4.69, 9.17) is 0 Å². The topological polar surface area (TPSA) is 74.2 Å². The van der Waals surface area contributed by atoms with E-state index in [2.05, 4.69) is 15.6 Å². The lowest BCUT2D eigenvalue weighted by Gasteiger charge is -2.26. The minimum Gasteiger partial charge on any atom is -0.393 e. The highest BCUT2D eigenvalue weighted by molar-refractivity contribution is 7.09. The Morgan fingerprint density at radius 3 is 2.70 bits per heavy atom. The SMILES string of the molecule is O=C(NCc1nc(-c2ccccc2)cs1)NC1CCC(O)CC1. The number of carbonyl (C=O) groups is 1. The molecule has 0 spiro atoms. The lowest BCUT2D eigenvalue weighted by molar-refractivity contribution is 0.117. The van der Waals surface area contributed by atoms with Gasteiger partial charge in [-0.05, 0) is 25.7 Å². The molecule has 122 valence electrons. The van der Waals surface area contributed by atoms with Gasteiger partial charge in [0.2, 0.25) is 0 Å². The van der Waals surface area contributed by atoms with Gasteiger partial charge in [-0.3, -0.25) is 0 Å². The fourth-order valence-electron chi connectivity index (χ4n) is 2.75. The zero-order valence-corrected chi connectivity index (χ0v) is 13.7. The number of aromatic nitrogens is 1. The van der Waals surface area contributed by atoms with Crippen LogP contribution in [0.5, 0.6) is 0 Å². The van der Waals surface area contributed by atoms with Gasteiger partial charge in [0.05, 0.1) is 18.3 Å². The van der Waals surface area contributed by atoms with Crippen LogP contribution in [0.1, 0.15) is 30.7 Å². The molecule has 1 heterocycles. The van der Waals surface area contributed by atoms with E-state index in [-0.39, 0.29) is 18.2 Å². The summed E-state index contributed by atoms with van der Waals surface area (Å²) >= 11 is 1.55. The molecular formula is C17H21N3O2S. The van der Waals surface area contributed by atoms with Gasteiger partial charge in [-0.15, -0.1) is 11.3 Å². The van der Waals surface area contributed by atoms with E-state index in [1.807, 2.05) is 35.7 Å². The highest BCUT2D eigenvalue weighted by Gasteiger charge is 2.20. The summed E-state index contributed by atoms with van der Waals surface area (Å²) in [6.07, 6.45) is 2.99. The molecule has 0 unspecified atom stereocenters. The molecule has 0 radical (unpaired) electrons. The highest BCUT2D eigenvalue weighted by atomic mass is 32.1. The van der Waals surface area contributed by atoms with Crippen molar-refractivity contribution in [3.05, 3.63) is 40.7 Å². The number of aliphatic hydroxyl groups is 1. The number of hydrogen-bond donors (Lipinski definition) is 3. The second-order valence-corrected chi connectivity index (χ2v) is 6.77. The van der Waals surface area contributed by atoms with Gasteiger partial charge in [0.25, 0.3) is 0 Å². The smallest absolute Gasteiger partial charge is 0.315 e. The van der Waals surface area contributed by atoms with Crippen molar-refractivity contribution >= 4 is 17.4 Å². The molecule has 1 aliphatic carbocycles. The predicted octanol–water partition coefficient (Wildman–Crippen LogP) is 2.91. The number of carbonyl (C=O) groups excluding carboxylic acids is 1. The van der Waals surface area contributed by atoms with E-state index in [0.29, 0.717) is 6.54 Å². The van der Waals surface area contributed by atoms with Crippen LogP contribution in [-0.4, -0.2) is 28.3 Å². The summed E-state index contributed by atoms with van der Waals surface area (Å²) < 4.78 is 0. The van der Waals surface area contributed by atoms with Crippen LogP contribution in [0.2, 0.25) is 0 Å². The van der Waals surface area contributed by atoms with Crippen LogP contribution in [0.25, 0.3) is 11.3 Å². The van der Waals surface area contributed by atoms with Crippen molar-refractivity contribution in [2.45, 2.75) is 44.4 Å². The molecule has 0 atom stereocenters. The first kappa shape index (κ1) is 16.0. The minimum absolute atomic E-state index is 0.162. The largest absolute Gasteiger partial charge is 0.393 e. The molecule has 3 rings (SSSR count). The maximum Gasteiger partial charge on any atom is 0.315 e. The third-order valence-electron chi connectivity index (χ3n) is 4.05. The van der Waals surface area contributed by atoms with Crippen LogP contribution in [0, 0.1) is 0 Å². The molecule has 1 aromatic carbocycles. The van der Waals surface area contributed by atoms with Crippen molar-refractivity contribution in [2.24, 2.45) is 0 Å². The molecular weight excluding hydrogens is 310 g/mol. The zero-order chi connectivity index (χ0) is 16.1. The van der Waals surface area contributed by atoms with E-state index in [0.717, 1.165) is 41.9 Å². The molecule has 0 bridgehead atoms. The third-order valence-corrected chi connectivity index (χ3v) is 4.90. The molecule has 2 aromatic rings. The van der Waals surface area contributed by atoms with Crippen molar-refractivity contribution in [3.8, 4) is 11.3 Å². The quantitative estimate of drug-likeness (QED) is 0.806. The van der Waals surface area contributed by atoms with Crippen molar-refractivity contribution < 1.29 is 9.90 Å². The van der Waals surface area contributed by atoms with Crippen LogP contribution < -0.4 is 10.6 Å². The van der Waals surface area contributed by atoms with Crippen molar-refractivity contribution in [2.75, 3.05) is 0 Å². The first-order valence-corrected chi connectivity index (χ1v) is 8.81. The standard InChI is InChI=1S/C17H21N3O2S/c21-14-8-6-13(7-9-14)19-17(22)18-10-16-20-15(11-23-16)12-4-2-1-3-5-12/h1-5,11,13-14,21H,6-10H2,(H2,18,19,22). The van der Waals surface area contributed by atoms with E-state index in [9.17, 15) is 9.90 Å². The summed E-state index contributed by atoms with van der Waals surface area (Å²) in [5.74, 6) is 0. The first-order chi connectivity index (χ1) is 11.2. The van der Waals surface area contributed by atoms with Gasteiger partial charge in [0.15, 0.2) is 0 Å². The van der Waals surface area contributed by atoms with E-state index < -0.39 is 0 Å². The fraction of sp³-hybridized carbons (Fsp3) is 0.412. The lowest BCUT2D eigenvalue weighted by Crippen LogP contribution is -2.43. The fourth-order valence-corrected chi connectivity index (χ4v) is 3.49. The van der Waals surface area contributed by atoms with Crippen molar-refractivity contribution in [1.82, 2.24) is 15.6 Å². The lowest BCUT2D eigenvalue weighted by atomic mass is 9.93. The monoisotopic (exact) mass is 331 g/mol. The van der Waals surface area contributed by atoms with Gasteiger partial charge in [-0.1, -0.05) is 30.3 Å². The van der Waals surface area contributed by atoms with Gasteiger partial charge in [-0.25, -0.2) is 9.78 Å². The Kier molecular flexibility index (Phi) is 5.25. The predicted molar refractivity (Wildman–Crippen MR) is 91.2 cm³/mol. The molecule has 0 aliphatic heterocycles. The van der Waals surface area contributed by atoms with E-state index in [1.165, 1.54) is 0 Å². The van der Waals surface area contributed by atoms with Crippen LogP contribution in [0.3, 0.4) is 0 Å². The van der Waals surface area contributed by atoms with Gasteiger partial charge in [0.1, 0.15) is 5.01 Å². The molecule has 1 saturated carbocycles. The molecule has 6 heteroatoms. The first-order valence-electron chi connectivity index (χ1n) is 7.93. The molecule has 1 aliphatic rings. The van der Waals surface area contributed by atoms with E-state index in [1.54, 1.807) is 11.3 Å². The number of urea groups is 1. The number of aliphatic hydroxyl groups excluding tert-OH is 1. The maximum atomic E-state index is 11.9. The summed E-state index contributed by atoms with van der Waals surface area (Å²) in [6, 6.07) is 10.00. The summed E-state index contributed by atoms with van der Waals surface area (Å²) in [5, 5.41) is 18.2. The summed E-state index contributed by atoms with van der Waals surface area (Å²) in [6.45, 7) is 0.429. The minimum atomic E-state index is -0.206. The average Bonchev–Trinajstić information content (AvgIpc) is 3.05. The Morgan fingerprint density at radius 1 is 1.22 bits per heavy atom. The molecule has 2 amide bonds. The normalized spacial score (nSPS) is 20.9. The number of benzene rings is 1. The molecule has 1 fully saturated rings. The van der Waals surface area contributed by atoms with Crippen LogP contribution in [0.15, 0.2) is 35.7 Å². The van der Waals surface area contributed by atoms with Gasteiger partial charge >= 0.3 is 6.03 Å². The second kappa shape index (κ2) is 7.57. The van der Waals surface area contributed by atoms with Gasteiger partial charge in [-0.2, -0.15) is 0 Å². The molecule has 1 aromatic heterocycles. The highest BCUT2D eigenvalue weighted by Crippen LogP contribution is 2.21. The van der Waals surface area contributed by atoms with Crippen LogP contribution in [0.4, 0.5) is 4.79 Å². The number of thiazole rings is 1. The zero-order valence-electron chi connectivity index (χ0n) is 12.9. The Labute approximate surface area is 139 Å². The van der Waals surface area contributed by atoms with Crippen molar-refractivity contribution in [3.63, 3.8) is 0 Å². The summed E-state index contributed by atoms with van der Waals surface area (Å²) in [7, 11) is 0. The molecule has 3 N–H and O–H groups in total. The van der Waals surface area contributed by atoms with Crippen LogP contribution in [-0.2, 0) is 6.54 Å². The summed E-state index contributed by atoms with van der Waals surface area (Å²) in [5.41, 5.74) is 2.02. The number of nitrogens with one attached hydrogen (secondary N) is 2. The van der Waals surface area contributed by atoms with E-state index >= 15 is 0 Å². The number of amides is 2. The Morgan fingerprint density at radius 2 is 1.96 bits per heavy atom. The Balaban J connectivity index is 1.47. The third kappa shape index (κ3) is 4.53. The van der Waals surface area contributed by atoms with Gasteiger partial charge in [0, 0.05) is 17.0 Å². The van der Waals surface area contributed by atoms with Crippen LogP contribution >= 0.6 is 11.3 Å². The summed E-state index contributed by atoms with van der Waals surface area (Å²) in [4.78, 5) is 16.5. The molecule has 0 saturated heterocycles. The number of nitrogens with zero attached hydrogens (tertiary/aromatic N) is 1. The number of rotatable bonds is 4. The Hall–Kier alpha value is -1.92. The molecule has 5 nitrogen and oxygen atoms in total. The number of hydrogen-bond acceptors (Lipinski definition) is 4.